The number of carbonyl (C=O) groups excluding carboxylic acids is 2. The van der Waals surface area contributed by atoms with E-state index in [1.54, 1.807) is 31.2 Å². The van der Waals surface area contributed by atoms with Crippen LogP contribution in [0.1, 0.15) is 36.1 Å². The lowest BCUT2D eigenvalue weighted by Gasteiger charge is -2.34. The number of aryl methyl sites for hydroxylation is 2. The third-order valence-electron chi connectivity index (χ3n) is 7.30. The fourth-order valence-electron chi connectivity index (χ4n) is 4.82. The van der Waals surface area contributed by atoms with Crippen LogP contribution in [0.3, 0.4) is 0 Å². The summed E-state index contributed by atoms with van der Waals surface area (Å²) in [5.41, 5.74) is 3.21. The second-order valence-electron chi connectivity index (χ2n) is 11.3. The fraction of sp³-hybridized carbons (Fsp3) is 0.257. The zero-order valence-electron chi connectivity index (χ0n) is 25.7. The monoisotopic (exact) mass is 649 g/mol. The van der Waals surface area contributed by atoms with Gasteiger partial charge >= 0.3 is 0 Å². The summed E-state index contributed by atoms with van der Waals surface area (Å²) >= 11 is 6.42. The molecule has 0 saturated heterocycles. The summed E-state index contributed by atoms with van der Waals surface area (Å²) in [5, 5.41) is 3.25. The van der Waals surface area contributed by atoms with E-state index in [1.807, 2.05) is 51.1 Å². The first-order valence-electron chi connectivity index (χ1n) is 14.6. The van der Waals surface area contributed by atoms with Crippen LogP contribution in [0, 0.1) is 19.7 Å². The predicted molar refractivity (Wildman–Crippen MR) is 176 cm³/mol. The molecular formula is C35H37ClFN3O4S. The molecule has 0 bridgehead atoms. The Morgan fingerprint density at radius 1 is 0.867 bits per heavy atom. The number of hydrogen-bond acceptors (Lipinski definition) is 4. The number of carbonyl (C=O) groups is 2. The largest absolute Gasteiger partial charge is 0.352 e. The van der Waals surface area contributed by atoms with Gasteiger partial charge in [0, 0.05) is 24.0 Å². The van der Waals surface area contributed by atoms with E-state index >= 15 is 0 Å². The van der Waals surface area contributed by atoms with E-state index in [-0.39, 0.29) is 29.6 Å². The average molecular weight is 650 g/mol. The van der Waals surface area contributed by atoms with Gasteiger partial charge in [-0.15, -0.1) is 0 Å². The van der Waals surface area contributed by atoms with Gasteiger partial charge in [0.05, 0.1) is 10.6 Å². The van der Waals surface area contributed by atoms with Crippen molar-refractivity contribution in [3.8, 4) is 0 Å². The van der Waals surface area contributed by atoms with Crippen molar-refractivity contribution in [3.05, 3.63) is 130 Å². The van der Waals surface area contributed by atoms with Crippen LogP contribution in [0.15, 0.2) is 102 Å². The lowest BCUT2D eigenvalue weighted by Crippen LogP contribution is -2.54. The van der Waals surface area contributed by atoms with Crippen molar-refractivity contribution in [2.24, 2.45) is 0 Å². The first kappa shape index (κ1) is 33.7. The molecule has 2 amide bonds. The number of hydrogen-bond donors (Lipinski definition) is 1. The smallest absolute Gasteiger partial charge is 0.264 e. The zero-order chi connectivity index (χ0) is 32.7. The maximum Gasteiger partial charge on any atom is 0.264 e. The molecule has 0 spiro atoms. The summed E-state index contributed by atoms with van der Waals surface area (Å²) in [7, 11) is -4.25. The second-order valence-corrected chi connectivity index (χ2v) is 13.5. The Hall–Kier alpha value is -4.21. The van der Waals surface area contributed by atoms with Crippen LogP contribution in [0.2, 0.25) is 5.02 Å². The molecule has 0 radical (unpaired) electrons. The van der Waals surface area contributed by atoms with Crippen molar-refractivity contribution in [1.29, 1.82) is 0 Å². The highest BCUT2D eigenvalue weighted by molar-refractivity contribution is 7.92. The van der Waals surface area contributed by atoms with E-state index in [1.165, 1.54) is 47.4 Å². The number of nitrogens with zero attached hydrogens (tertiary/aromatic N) is 2. The fourth-order valence-corrected chi connectivity index (χ4v) is 6.41. The van der Waals surface area contributed by atoms with Crippen LogP contribution in [-0.4, -0.2) is 43.8 Å². The van der Waals surface area contributed by atoms with Crippen molar-refractivity contribution in [1.82, 2.24) is 10.2 Å². The van der Waals surface area contributed by atoms with Gasteiger partial charge in [-0.2, -0.15) is 0 Å². The molecule has 4 aromatic carbocycles. The summed E-state index contributed by atoms with van der Waals surface area (Å²) in [5.74, 6) is -1.45. The molecular weight excluding hydrogens is 613 g/mol. The van der Waals surface area contributed by atoms with Gasteiger partial charge in [-0.3, -0.25) is 13.9 Å². The summed E-state index contributed by atoms with van der Waals surface area (Å²) in [6, 6.07) is 24.8. The van der Waals surface area contributed by atoms with Gasteiger partial charge < -0.3 is 10.2 Å². The number of amides is 2. The van der Waals surface area contributed by atoms with Crippen LogP contribution in [0.5, 0.6) is 0 Å². The molecule has 0 aliphatic heterocycles. The Morgan fingerprint density at radius 2 is 1.51 bits per heavy atom. The van der Waals surface area contributed by atoms with E-state index in [4.69, 9.17) is 11.6 Å². The van der Waals surface area contributed by atoms with Crippen molar-refractivity contribution in [2.45, 2.75) is 57.6 Å². The Kier molecular flexibility index (Phi) is 11.0. The van der Waals surface area contributed by atoms with E-state index in [0.29, 0.717) is 10.6 Å². The lowest BCUT2D eigenvalue weighted by atomic mass is 10.0. The van der Waals surface area contributed by atoms with Crippen molar-refractivity contribution in [3.63, 3.8) is 0 Å². The quantitative estimate of drug-likeness (QED) is 0.191. The van der Waals surface area contributed by atoms with Crippen LogP contribution >= 0.6 is 11.6 Å². The number of sulfonamides is 1. The molecule has 0 aliphatic carbocycles. The van der Waals surface area contributed by atoms with E-state index in [2.05, 4.69) is 5.32 Å². The van der Waals surface area contributed by atoms with Gasteiger partial charge in [0.15, 0.2) is 0 Å². The molecule has 236 valence electrons. The maximum atomic E-state index is 14.4. The Balaban J connectivity index is 1.82. The standard InChI is InChI=1S/C35H37ClFN3O4S/c1-24(2)38-35(42)33(20-27-8-6-5-7-9-27)39(22-28-13-15-29(37)16-14-28)34(41)23-40(30-17-12-26(4)32(36)21-30)45(43,44)31-18-10-25(3)11-19-31/h5-19,21,24,33H,20,22-23H2,1-4H3,(H,38,42). The molecule has 0 fully saturated rings. The molecule has 4 aromatic rings. The Morgan fingerprint density at radius 3 is 2.11 bits per heavy atom. The first-order valence-corrected chi connectivity index (χ1v) is 16.4. The third kappa shape index (κ3) is 8.71. The SMILES string of the molecule is Cc1ccc(S(=O)(=O)N(CC(=O)N(Cc2ccc(F)cc2)C(Cc2ccccc2)C(=O)NC(C)C)c2ccc(C)c(Cl)c2)cc1. The highest BCUT2D eigenvalue weighted by atomic mass is 35.5. The molecule has 0 aromatic heterocycles. The highest BCUT2D eigenvalue weighted by Crippen LogP contribution is 2.29. The molecule has 7 nitrogen and oxygen atoms in total. The number of anilines is 1. The molecule has 1 atom stereocenters. The molecule has 1 N–H and O–H groups in total. The summed E-state index contributed by atoms with van der Waals surface area (Å²) in [6.07, 6.45) is 0.174. The van der Waals surface area contributed by atoms with Crippen LogP contribution in [0.25, 0.3) is 0 Å². The minimum atomic E-state index is -4.25. The number of halogens is 2. The summed E-state index contributed by atoms with van der Waals surface area (Å²) < 4.78 is 43.1. The lowest BCUT2D eigenvalue weighted by molar-refractivity contribution is -0.140. The van der Waals surface area contributed by atoms with Crippen molar-refractivity contribution < 1.29 is 22.4 Å². The highest BCUT2D eigenvalue weighted by Gasteiger charge is 2.35. The molecule has 0 heterocycles. The summed E-state index contributed by atoms with van der Waals surface area (Å²) in [4.78, 5) is 29.5. The van der Waals surface area contributed by atoms with Crippen LogP contribution < -0.4 is 9.62 Å². The van der Waals surface area contributed by atoms with Gasteiger partial charge in [0.25, 0.3) is 10.0 Å². The number of benzene rings is 4. The predicted octanol–water partition coefficient (Wildman–Crippen LogP) is 6.46. The van der Waals surface area contributed by atoms with Crippen LogP contribution in [0.4, 0.5) is 10.1 Å². The van der Waals surface area contributed by atoms with Gasteiger partial charge in [-0.05, 0) is 80.8 Å². The molecule has 4 rings (SSSR count). The van der Waals surface area contributed by atoms with Gasteiger partial charge in [-0.1, -0.05) is 77.8 Å². The topological polar surface area (TPSA) is 86.8 Å². The minimum Gasteiger partial charge on any atom is -0.352 e. The van der Waals surface area contributed by atoms with E-state index in [9.17, 15) is 22.4 Å². The Labute approximate surface area is 269 Å². The molecule has 0 aliphatic rings. The zero-order valence-corrected chi connectivity index (χ0v) is 27.3. The van der Waals surface area contributed by atoms with Crippen molar-refractivity contribution >= 4 is 39.1 Å². The molecule has 45 heavy (non-hydrogen) atoms. The summed E-state index contributed by atoms with van der Waals surface area (Å²) in [6.45, 7) is 6.61. The second kappa shape index (κ2) is 14.7. The number of rotatable bonds is 12. The van der Waals surface area contributed by atoms with E-state index in [0.717, 1.165) is 21.0 Å². The van der Waals surface area contributed by atoms with Gasteiger partial charge in [0.2, 0.25) is 11.8 Å². The molecule has 10 heteroatoms. The third-order valence-corrected chi connectivity index (χ3v) is 9.49. The normalized spacial score (nSPS) is 12.1. The first-order chi connectivity index (χ1) is 21.3. The molecule has 0 saturated carbocycles. The van der Waals surface area contributed by atoms with Gasteiger partial charge in [0.1, 0.15) is 18.4 Å². The van der Waals surface area contributed by atoms with E-state index < -0.39 is 40.2 Å². The number of nitrogens with one attached hydrogen (secondary N) is 1. The Bertz CT molecular complexity index is 1730. The minimum absolute atomic E-state index is 0.000989. The average Bonchev–Trinajstić information content (AvgIpc) is 3.00. The van der Waals surface area contributed by atoms with Crippen molar-refractivity contribution in [2.75, 3.05) is 10.8 Å². The molecule has 1 unspecified atom stereocenters. The van der Waals surface area contributed by atoms with Crippen LogP contribution in [-0.2, 0) is 32.6 Å². The maximum absolute atomic E-state index is 14.4. The van der Waals surface area contributed by atoms with Gasteiger partial charge in [-0.25, -0.2) is 12.8 Å².